The molecule has 0 atom stereocenters. The number of benzene rings is 1. The monoisotopic (exact) mass is 307 g/mol. The number of anilines is 1. The van der Waals surface area contributed by atoms with Crippen LogP contribution in [-0.2, 0) is 0 Å². The third-order valence-electron chi connectivity index (χ3n) is 2.89. The number of rotatable bonds is 5. The molecule has 0 unspecified atom stereocenters. The predicted octanol–water partition coefficient (Wildman–Crippen LogP) is 1.92. The van der Waals surface area contributed by atoms with Gasteiger partial charge in [-0.3, -0.25) is 0 Å². The topological polar surface area (TPSA) is 86.5 Å². The Balaban J connectivity index is 2.55. The lowest BCUT2D eigenvalue weighted by Gasteiger charge is -2.19. The molecule has 0 bridgehead atoms. The van der Waals surface area contributed by atoms with Gasteiger partial charge in [-0.2, -0.15) is 0 Å². The molecule has 1 aromatic heterocycles. The zero-order valence-corrected chi connectivity index (χ0v) is 12.1. The molecule has 0 aliphatic rings. The van der Waals surface area contributed by atoms with Crippen molar-refractivity contribution in [1.29, 1.82) is 0 Å². The van der Waals surface area contributed by atoms with Crippen LogP contribution in [0.5, 0.6) is 0 Å². The number of hydrogen-bond donors (Lipinski definition) is 2. The van der Waals surface area contributed by atoms with Crippen molar-refractivity contribution in [2.75, 3.05) is 25.1 Å². The third kappa shape index (κ3) is 3.48. The summed E-state index contributed by atoms with van der Waals surface area (Å²) in [5.74, 6) is -0.648. The zero-order valence-electron chi connectivity index (χ0n) is 11.3. The number of nitrogens with zero attached hydrogens (tertiary/aromatic N) is 3. The number of likely N-dealkylation sites (N-methyl/N-ethyl adjacent to an activating group) is 1. The molecule has 2 N–H and O–H groups in total. The fourth-order valence-corrected chi connectivity index (χ4v) is 1.95. The molecule has 6 nitrogen and oxygen atoms in total. The largest absolute Gasteiger partial charge is 0.476 e. The van der Waals surface area contributed by atoms with E-state index in [1.165, 1.54) is 6.20 Å². The van der Waals surface area contributed by atoms with Gasteiger partial charge < -0.3 is 15.1 Å². The molecule has 0 radical (unpaired) electrons. The summed E-state index contributed by atoms with van der Waals surface area (Å²) >= 11 is 5.86. The van der Waals surface area contributed by atoms with Gasteiger partial charge >= 0.3 is 5.97 Å². The lowest BCUT2D eigenvalue weighted by molar-refractivity contribution is 0.0690. The van der Waals surface area contributed by atoms with Gasteiger partial charge in [0.2, 0.25) is 0 Å². The first-order valence-corrected chi connectivity index (χ1v) is 6.59. The maximum absolute atomic E-state index is 11.1. The van der Waals surface area contributed by atoms with E-state index in [9.17, 15) is 4.79 Å². The van der Waals surface area contributed by atoms with E-state index in [2.05, 4.69) is 9.97 Å². The predicted molar refractivity (Wildman–Crippen MR) is 79.8 cm³/mol. The molecule has 0 saturated carbocycles. The highest BCUT2D eigenvalue weighted by Gasteiger charge is 2.16. The molecule has 0 fully saturated rings. The average molecular weight is 308 g/mol. The fraction of sp³-hybridized carbons (Fsp3) is 0.214. The minimum Gasteiger partial charge on any atom is -0.476 e. The van der Waals surface area contributed by atoms with Gasteiger partial charge in [0, 0.05) is 24.2 Å². The number of aromatic nitrogens is 2. The van der Waals surface area contributed by atoms with Crippen LogP contribution in [0.15, 0.2) is 30.5 Å². The lowest BCUT2D eigenvalue weighted by Crippen LogP contribution is -2.23. The first kappa shape index (κ1) is 15.2. The number of halogens is 1. The highest BCUT2D eigenvalue weighted by atomic mass is 35.5. The Morgan fingerprint density at radius 1 is 1.33 bits per heavy atom. The van der Waals surface area contributed by atoms with Crippen LogP contribution in [0.2, 0.25) is 5.02 Å². The molecule has 0 aliphatic heterocycles. The molecule has 0 spiro atoms. The highest BCUT2D eigenvalue weighted by Crippen LogP contribution is 2.27. The highest BCUT2D eigenvalue weighted by molar-refractivity contribution is 6.30. The quantitative estimate of drug-likeness (QED) is 0.877. The first-order chi connectivity index (χ1) is 10.0. The lowest BCUT2D eigenvalue weighted by atomic mass is 10.1. The molecule has 1 heterocycles. The van der Waals surface area contributed by atoms with E-state index in [4.69, 9.17) is 21.8 Å². The summed E-state index contributed by atoms with van der Waals surface area (Å²) in [6.07, 6.45) is 1.20. The second-order valence-electron chi connectivity index (χ2n) is 4.38. The molecule has 2 aromatic rings. The van der Waals surface area contributed by atoms with Gasteiger partial charge in [-0.05, 0) is 12.1 Å². The summed E-state index contributed by atoms with van der Waals surface area (Å²) in [5.41, 5.74) is 0.999. The van der Waals surface area contributed by atoms with Crippen molar-refractivity contribution < 1.29 is 15.0 Å². The normalized spacial score (nSPS) is 10.4. The Hall–Kier alpha value is -2.18. The van der Waals surface area contributed by atoms with E-state index < -0.39 is 5.97 Å². The summed E-state index contributed by atoms with van der Waals surface area (Å²) in [4.78, 5) is 21.1. The fourth-order valence-electron chi connectivity index (χ4n) is 1.82. The molecule has 0 amide bonds. The second kappa shape index (κ2) is 6.51. The minimum absolute atomic E-state index is 0.0427. The first-order valence-electron chi connectivity index (χ1n) is 6.21. The van der Waals surface area contributed by atoms with Gasteiger partial charge in [0.05, 0.1) is 12.8 Å². The van der Waals surface area contributed by atoms with Crippen LogP contribution in [0.3, 0.4) is 0 Å². The summed E-state index contributed by atoms with van der Waals surface area (Å²) in [7, 11) is 1.75. The van der Waals surface area contributed by atoms with Crippen LogP contribution in [0.1, 0.15) is 10.5 Å². The van der Waals surface area contributed by atoms with Gasteiger partial charge in [-0.1, -0.05) is 23.7 Å². The van der Waals surface area contributed by atoms with Crippen LogP contribution in [-0.4, -0.2) is 46.3 Å². The Morgan fingerprint density at radius 3 is 2.57 bits per heavy atom. The number of hydrogen-bond acceptors (Lipinski definition) is 5. The van der Waals surface area contributed by atoms with Crippen molar-refractivity contribution in [3.8, 4) is 11.3 Å². The number of carboxylic acid groups (broad SMARTS) is 1. The zero-order chi connectivity index (χ0) is 15.4. The molecule has 110 valence electrons. The summed E-state index contributed by atoms with van der Waals surface area (Å²) in [5, 5.41) is 18.7. The summed E-state index contributed by atoms with van der Waals surface area (Å²) in [6, 6.07) is 6.88. The number of aliphatic hydroxyl groups excluding tert-OH is 1. The molecule has 1 aromatic carbocycles. The minimum atomic E-state index is -1.14. The van der Waals surface area contributed by atoms with Crippen molar-refractivity contribution in [2.24, 2.45) is 0 Å². The van der Waals surface area contributed by atoms with Gasteiger partial charge in [0.1, 0.15) is 5.69 Å². The van der Waals surface area contributed by atoms with E-state index >= 15 is 0 Å². The SMILES string of the molecule is CN(CCO)c1ncc(C(=O)O)nc1-c1ccc(Cl)cc1. The number of carbonyl (C=O) groups is 1. The standard InChI is InChI=1S/C14H14ClN3O3/c1-18(6-7-19)13-12(9-2-4-10(15)5-3-9)17-11(8-16-13)14(20)21/h2-5,8,19H,6-7H2,1H3,(H,20,21). The van der Waals surface area contributed by atoms with E-state index in [-0.39, 0.29) is 12.3 Å². The molecular formula is C14H14ClN3O3. The average Bonchev–Trinajstić information content (AvgIpc) is 2.47. The van der Waals surface area contributed by atoms with Crippen molar-refractivity contribution in [2.45, 2.75) is 0 Å². The maximum Gasteiger partial charge on any atom is 0.356 e. The van der Waals surface area contributed by atoms with Gasteiger partial charge in [0.15, 0.2) is 11.5 Å². The van der Waals surface area contributed by atoms with Crippen molar-refractivity contribution in [3.63, 3.8) is 0 Å². The summed E-state index contributed by atoms with van der Waals surface area (Å²) in [6.45, 7) is 0.320. The van der Waals surface area contributed by atoms with Crippen LogP contribution >= 0.6 is 11.6 Å². The Bertz CT molecular complexity index is 646. The molecule has 2 rings (SSSR count). The van der Waals surface area contributed by atoms with E-state index in [0.29, 0.717) is 28.6 Å². The van der Waals surface area contributed by atoms with Gasteiger partial charge in [-0.15, -0.1) is 0 Å². The van der Waals surface area contributed by atoms with Gasteiger partial charge in [-0.25, -0.2) is 14.8 Å². The smallest absolute Gasteiger partial charge is 0.356 e. The molecule has 0 aliphatic carbocycles. The second-order valence-corrected chi connectivity index (χ2v) is 4.82. The molecule has 21 heavy (non-hydrogen) atoms. The van der Waals surface area contributed by atoms with Gasteiger partial charge in [0.25, 0.3) is 0 Å². The van der Waals surface area contributed by atoms with Crippen LogP contribution < -0.4 is 4.90 Å². The number of aromatic carboxylic acids is 1. The van der Waals surface area contributed by atoms with Crippen molar-refractivity contribution in [1.82, 2.24) is 9.97 Å². The van der Waals surface area contributed by atoms with Crippen LogP contribution in [0.4, 0.5) is 5.82 Å². The van der Waals surface area contributed by atoms with E-state index in [0.717, 1.165) is 0 Å². The van der Waals surface area contributed by atoms with Crippen LogP contribution in [0.25, 0.3) is 11.3 Å². The van der Waals surface area contributed by atoms with Crippen LogP contribution in [0, 0.1) is 0 Å². The number of carboxylic acids is 1. The van der Waals surface area contributed by atoms with E-state index in [1.54, 1.807) is 36.2 Å². The van der Waals surface area contributed by atoms with Crippen molar-refractivity contribution >= 4 is 23.4 Å². The third-order valence-corrected chi connectivity index (χ3v) is 3.14. The Morgan fingerprint density at radius 2 is 2.00 bits per heavy atom. The van der Waals surface area contributed by atoms with Crippen molar-refractivity contribution in [3.05, 3.63) is 41.2 Å². The maximum atomic E-state index is 11.1. The summed E-state index contributed by atoms with van der Waals surface area (Å²) < 4.78 is 0. The molecule has 0 saturated heterocycles. The Labute approximate surface area is 126 Å². The van der Waals surface area contributed by atoms with E-state index in [1.807, 2.05) is 0 Å². The molecular weight excluding hydrogens is 294 g/mol. The number of aliphatic hydroxyl groups is 1. The Kier molecular flexibility index (Phi) is 4.72. The molecule has 7 heteroatoms.